The summed E-state index contributed by atoms with van der Waals surface area (Å²) in [4.78, 5) is 34.1. The van der Waals surface area contributed by atoms with Gasteiger partial charge in [-0.1, -0.05) is 0 Å². The molecule has 2 rings (SSSR count). The maximum Gasteiger partial charge on any atom is 0.312 e. The van der Waals surface area contributed by atoms with Crippen LogP contribution in [0.15, 0.2) is 0 Å². The van der Waals surface area contributed by atoms with Gasteiger partial charge in [0.2, 0.25) is 0 Å². The molecule has 2 fully saturated rings. The number of carboxylic acid groups (broad SMARTS) is 1. The summed E-state index contributed by atoms with van der Waals surface area (Å²) in [7, 11) is 1.21. The third-order valence-corrected chi connectivity index (χ3v) is 3.82. The normalized spacial score (nSPS) is 36.0. The molecule has 2 aliphatic rings. The SMILES string of the molecule is COC(=O)C1C2CCC(COC(C)=O)(O2)C1C(=O)O. The van der Waals surface area contributed by atoms with Crippen LogP contribution in [0.4, 0.5) is 0 Å². The number of ether oxygens (including phenoxy) is 3. The van der Waals surface area contributed by atoms with E-state index in [1.165, 1.54) is 14.0 Å². The summed E-state index contributed by atoms with van der Waals surface area (Å²) >= 11 is 0. The highest BCUT2D eigenvalue weighted by Crippen LogP contribution is 2.52. The topological polar surface area (TPSA) is 99.1 Å². The van der Waals surface area contributed by atoms with Crippen LogP contribution in [0.25, 0.3) is 0 Å². The quantitative estimate of drug-likeness (QED) is 0.717. The lowest BCUT2D eigenvalue weighted by Gasteiger charge is -2.31. The molecule has 0 saturated carbocycles. The van der Waals surface area contributed by atoms with Crippen molar-refractivity contribution in [3.63, 3.8) is 0 Å². The Hall–Kier alpha value is -1.63. The lowest BCUT2D eigenvalue weighted by molar-refractivity contribution is -0.163. The number of carbonyl (C=O) groups is 3. The molecule has 2 heterocycles. The lowest BCUT2D eigenvalue weighted by atomic mass is 9.72. The highest BCUT2D eigenvalue weighted by molar-refractivity contribution is 5.84. The minimum absolute atomic E-state index is 0.150. The largest absolute Gasteiger partial charge is 0.481 e. The predicted octanol–water partition coefficient (Wildman–Crippen LogP) is -0.0291. The third kappa shape index (κ3) is 2.18. The van der Waals surface area contributed by atoms with E-state index in [0.29, 0.717) is 12.8 Å². The number of hydrogen-bond acceptors (Lipinski definition) is 6. The van der Waals surface area contributed by atoms with E-state index in [4.69, 9.17) is 9.47 Å². The molecule has 0 aromatic rings. The average Bonchev–Trinajstić information content (AvgIpc) is 2.91. The molecule has 2 aliphatic heterocycles. The van der Waals surface area contributed by atoms with Crippen LogP contribution >= 0.6 is 0 Å². The number of fused-ring (bicyclic) bond motifs is 2. The van der Waals surface area contributed by atoms with E-state index < -0.39 is 41.4 Å². The molecule has 4 unspecified atom stereocenters. The first-order valence-corrected chi connectivity index (χ1v) is 6.03. The van der Waals surface area contributed by atoms with Crippen molar-refractivity contribution in [2.24, 2.45) is 11.8 Å². The van der Waals surface area contributed by atoms with Gasteiger partial charge in [-0.25, -0.2) is 0 Å². The molecule has 0 amide bonds. The van der Waals surface area contributed by atoms with Gasteiger partial charge in [-0.2, -0.15) is 0 Å². The van der Waals surface area contributed by atoms with Crippen molar-refractivity contribution in [3.8, 4) is 0 Å². The van der Waals surface area contributed by atoms with E-state index in [1.54, 1.807) is 0 Å². The third-order valence-electron chi connectivity index (χ3n) is 3.82. The van der Waals surface area contributed by atoms with Crippen molar-refractivity contribution in [1.82, 2.24) is 0 Å². The van der Waals surface area contributed by atoms with E-state index in [-0.39, 0.29) is 6.61 Å². The van der Waals surface area contributed by atoms with Gasteiger partial charge in [0.05, 0.1) is 19.1 Å². The number of carboxylic acids is 1. The molecule has 2 saturated heterocycles. The zero-order valence-electron chi connectivity index (χ0n) is 10.8. The van der Waals surface area contributed by atoms with Gasteiger partial charge in [0, 0.05) is 6.92 Å². The van der Waals surface area contributed by atoms with Crippen molar-refractivity contribution in [2.75, 3.05) is 13.7 Å². The monoisotopic (exact) mass is 272 g/mol. The first-order valence-electron chi connectivity index (χ1n) is 6.03. The van der Waals surface area contributed by atoms with Crippen LogP contribution in [-0.4, -0.2) is 48.4 Å². The number of carbonyl (C=O) groups excluding carboxylic acids is 2. The molecule has 0 aliphatic carbocycles. The van der Waals surface area contributed by atoms with E-state index in [9.17, 15) is 19.5 Å². The summed E-state index contributed by atoms with van der Waals surface area (Å²) in [5.41, 5.74) is -1.11. The fraction of sp³-hybridized carbons (Fsp3) is 0.750. The molecule has 0 aromatic carbocycles. The Bertz CT molecular complexity index is 418. The summed E-state index contributed by atoms with van der Waals surface area (Å²) in [5, 5.41) is 9.35. The van der Waals surface area contributed by atoms with Crippen LogP contribution in [-0.2, 0) is 28.6 Å². The molecule has 2 bridgehead atoms. The van der Waals surface area contributed by atoms with Crippen LogP contribution in [0.2, 0.25) is 0 Å². The molecule has 7 nitrogen and oxygen atoms in total. The second-order valence-corrected chi connectivity index (χ2v) is 4.90. The summed E-state index contributed by atoms with van der Waals surface area (Å²) < 4.78 is 15.2. The van der Waals surface area contributed by atoms with Crippen molar-refractivity contribution in [2.45, 2.75) is 31.5 Å². The Morgan fingerprint density at radius 1 is 1.42 bits per heavy atom. The van der Waals surface area contributed by atoms with Crippen molar-refractivity contribution < 1.29 is 33.7 Å². The van der Waals surface area contributed by atoms with Crippen LogP contribution in [0.1, 0.15) is 19.8 Å². The minimum atomic E-state index is -1.13. The van der Waals surface area contributed by atoms with Crippen LogP contribution in [0, 0.1) is 11.8 Å². The van der Waals surface area contributed by atoms with Crippen molar-refractivity contribution >= 4 is 17.9 Å². The molecule has 1 N–H and O–H groups in total. The highest BCUT2D eigenvalue weighted by Gasteiger charge is 2.65. The summed E-state index contributed by atoms with van der Waals surface area (Å²) in [6, 6.07) is 0. The molecular weight excluding hydrogens is 256 g/mol. The maximum atomic E-state index is 11.7. The van der Waals surface area contributed by atoms with Gasteiger partial charge >= 0.3 is 17.9 Å². The lowest BCUT2D eigenvalue weighted by Crippen LogP contribution is -2.48. The molecule has 0 radical (unpaired) electrons. The fourth-order valence-corrected chi connectivity index (χ4v) is 3.05. The van der Waals surface area contributed by atoms with Crippen LogP contribution < -0.4 is 0 Å². The zero-order chi connectivity index (χ0) is 14.2. The molecule has 7 heteroatoms. The molecule has 4 atom stereocenters. The molecule has 19 heavy (non-hydrogen) atoms. The van der Waals surface area contributed by atoms with Gasteiger partial charge in [-0.05, 0) is 12.8 Å². The Balaban J connectivity index is 2.26. The van der Waals surface area contributed by atoms with Gasteiger partial charge < -0.3 is 19.3 Å². The zero-order valence-corrected chi connectivity index (χ0v) is 10.8. The fourth-order valence-electron chi connectivity index (χ4n) is 3.05. The smallest absolute Gasteiger partial charge is 0.312 e. The second kappa shape index (κ2) is 4.80. The average molecular weight is 272 g/mol. The number of hydrogen-bond donors (Lipinski definition) is 1. The highest BCUT2D eigenvalue weighted by atomic mass is 16.6. The standard InChI is InChI=1S/C12H16O7/c1-6(13)18-5-12-4-3-7(19-12)8(11(16)17-2)9(12)10(14)15/h7-9H,3-5H2,1-2H3,(H,14,15). The summed E-state index contributed by atoms with van der Waals surface area (Å²) in [5.74, 6) is -4.12. The molecule has 0 aromatic heterocycles. The summed E-state index contributed by atoms with van der Waals surface area (Å²) in [6.45, 7) is 1.09. The van der Waals surface area contributed by atoms with E-state index in [2.05, 4.69) is 4.74 Å². The van der Waals surface area contributed by atoms with Gasteiger partial charge in [0.25, 0.3) is 0 Å². The molecule has 0 spiro atoms. The Morgan fingerprint density at radius 3 is 2.63 bits per heavy atom. The van der Waals surface area contributed by atoms with Crippen LogP contribution in [0.3, 0.4) is 0 Å². The first-order chi connectivity index (χ1) is 8.91. The van der Waals surface area contributed by atoms with E-state index in [0.717, 1.165) is 0 Å². The number of methoxy groups -OCH3 is 1. The minimum Gasteiger partial charge on any atom is -0.481 e. The Morgan fingerprint density at radius 2 is 2.11 bits per heavy atom. The molecule has 106 valence electrons. The van der Waals surface area contributed by atoms with Gasteiger partial charge in [-0.15, -0.1) is 0 Å². The Labute approximate surface area is 109 Å². The molecular formula is C12H16O7. The number of aliphatic carboxylic acids is 1. The predicted molar refractivity (Wildman–Crippen MR) is 60.1 cm³/mol. The van der Waals surface area contributed by atoms with E-state index >= 15 is 0 Å². The van der Waals surface area contributed by atoms with Crippen molar-refractivity contribution in [3.05, 3.63) is 0 Å². The van der Waals surface area contributed by atoms with Gasteiger partial charge in [0.15, 0.2) is 0 Å². The van der Waals surface area contributed by atoms with Gasteiger partial charge in [-0.3, -0.25) is 14.4 Å². The summed E-state index contributed by atoms with van der Waals surface area (Å²) in [6.07, 6.45) is 0.532. The van der Waals surface area contributed by atoms with E-state index in [1.807, 2.05) is 0 Å². The van der Waals surface area contributed by atoms with Crippen LogP contribution in [0.5, 0.6) is 0 Å². The maximum absolute atomic E-state index is 11.7. The number of rotatable bonds is 4. The Kier molecular flexibility index (Phi) is 3.49. The second-order valence-electron chi connectivity index (χ2n) is 4.90. The first kappa shape index (κ1) is 13.8. The van der Waals surface area contributed by atoms with Gasteiger partial charge in [0.1, 0.15) is 18.1 Å². The van der Waals surface area contributed by atoms with Crippen molar-refractivity contribution in [1.29, 1.82) is 0 Å². The number of esters is 2.